The molecule has 64 heavy (non-hydrogen) atoms. The summed E-state index contributed by atoms with van der Waals surface area (Å²) in [5.41, 5.74) is 0. The van der Waals surface area contributed by atoms with Gasteiger partial charge in [0, 0.05) is 6.42 Å². The molecule has 0 heterocycles. The molecule has 3 atom stereocenters. The molecular weight excluding hydrogens is 791 g/mol. The summed E-state index contributed by atoms with van der Waals surface area (Å²) in [5, 5.41) is 23.7. The van der Waals surface area contributed by atoms with Gasteiger partial charge in [-0.1, -0.05) is 232 Å². The molecule has 0 bridgehead atoms. The molecule has 0 rings (SSSR count). The minimum Gasteiger partial charge on any atom is -0.462 e. The van der Waals surface area contributed by atoms with Gasteiger partial charge in [0.2, 0.25) is 5.91 Å². The Bertz CT molecular complexity index is 1360. The molecule has 0 saturated carbocycles. The fourth-order valence-electron chi connectivity index (χ4n) is 7.07. The highest BCUT2D eigenvalue weighted by atomic mass is 16.5. The van der Waals surface area contributed by atoms with Gasteiger partial charge in [-0.25, -0.2) is 0 Å². The number of unbranched alkanes of at least 4 members (excludes halogenated alkanes) is 16. The average molecular weight is 886 g/mol. The number of aliphatic hydroxyl groups excluding tert-OH is 2. The van der Waals surface area contributed by atoms with Gasteiger partial charge in [-0.3, -0.25) is 9.59 Å². The molecule has 0 radical (unpaired) electrons. The number of nitrogens with one attached hydrogen (secondary N) is 1. The van der Waals surface area contributed by atoms with Crippen molar-refractivity contribution in [3.05, 3.63) is 122 Å². The molecule has 3 N–H and O–H groups in total. The van der Waals surface area contributed by atoms with Crippen LogP contribution in [0, 0.1) is 0 Å². The monoisotopic (exact) mass is 886 g/mol. The number of carbonyl (C=O) groups is 2. The number of amides is 1. The quantitative estimate of drug-likeness (QED) is 0.0245. The summed E-state index contributed by atoms with van der Waals surface area (Å²) in [4.78, 5) is 26.1. The fraction of sp³-hybridized carbons (Fsp3) is 0.621. The molecular formula is C58H95NO5. The van der Waals surface area contributed by atoms with Crippen LogP contribution in [0.2, 0.25) is 0 Å². The first-order valence-corrected chi connectivity index (χ1v) is 25.8. The molecule has 3 unspecified atom stereocenters. The van der Waals surface area contributed by atoms with Crippen LogP contribution in [-0.2, 0) is 14.3 Å². The topological polar surface area (TPSA) is 95.9 Å². The van der Waals surface area contributed by atoms with Gasteiger partial charge in [-0.05, 0) is 83.5 Å². The second-order valence-corrected chi connectivity index (χ2v) is 16.9. The normalized spacial score (nSPS) is 14.3. The third kappa shape index (κ3) is 44.9. The van der Waals surface area contributed by atoms with Crippen molar-refractivity contribution in [3.63, 3.8) is 0 Å². The van der Waals surface area contributed by atoms with E-state index in [1.54, 1.807) is 0 Å². The minimum absolute atomic E-state index is 0.00709. The van der Waals surface area contributed by atoms with E-state index in [-0.39, 0.29) is 24.9 Å². The number of allylic oxidation sites excluding steroid dienone is 20. The Morgan fingerprint density at radius 3 is 1.47 bits per heavy atom. The van der Waals surface area contributed by atoms with Gasteiger partial charge in [0.1, 0.15) is 6.10 Å². The maximum absolute atomic E-state index is 13.2. The molecule has 0 aliphatic rings. The van der Waals surface area contributed by atoms with Gasteiger partial charge in [0.05, 0.1) is 25.2 Å². The van der Waals surface area contributed by atoms with Crippen molar-refractivity contribution in [2.45, 2.75) is 225 Å². The van der Waals surface area contributed by atoms with Crippen molar-refractivity contribution in [3.8, 4) is 0 Å². The lowest BCUT2D eigenvalue weighted by Gasteiger charge is -2.24. The summed E-state index contributed by atoms with van der Waals surface area (Å²) in [6, 6.07) is -0.740. The fourth-order valence-corrected chi connectivity index (χ4v) is 7.07. The number of ether oxygens (including phenoxy) is 1. The SMILES string of the molecule is CC/C=C\C/C=C\C/C=C\C/C=C\C/C=C\CCCCCC(=O)OC(CCC/C=C/C=C\C=C/C=C/C=C/CC)CC(=O)NC(CO)C(O)CCCCCCCCCCCCCCC. The molecule has 362 valence electrons. The van der Waals surface area contributed by atoms with E-state index < -0.39 is 18.2 Å². The van der Waals surface area contributed by atoms with Crippen molar-refractivity contribution >= 4 is 11.9 Å². The highest BCUT2D eigenvalue weighted by molar-refractivity contribution is 5.77. The van der Waals surface area contributed by atoms with E-state index in [1.165, 1.54) is 64.2 Å². The molecule has 0 aromatic carbocycles. The van der Waals surface area contributed by atoms with E-state index >= 15 is 0 Å². The second-order valence-electron chi connectivity index (χ2n) is 16.9. The van der Waals surface area contributed by atoms with E-state index in [4.69, 9.17) is 4.74 Å². The lowest BCUT2D eigenvalue weighted by molar-refractivity contribution is -0.151. The molecule has 0 spiro atoms. The summed E-state index contributed by atoms with van der Waals surface area (Å²) in [6.07, 6.45) is 69.7. The van der Waals surface area contributed by atoms with Crippen molar-refractivity contribution < 1.29 is 24.5 Å². The molecule has 6 heteroatoms. The van der Waals surface area contributed by atoms with Crippen molar-refractivity contribution in [2.24, 2.45) is 0 Å². The molecule has 0 saturated heterocycles. The third-order valence-electron chi connectivity index (χ3n) is 10.9. The number of hydrogen-bond acceptors (Lipinski definition) is 5. The van der Waals surface area contributed by atoms with Gasteiger partial charge in [-0.15, -0.1) is 0 Å². The summed E-state index contributed by atoms with van der Waals surface area (Å²) in [7, 11) is 0. The minimum atomic E-state index is -0.820. The highest BCUT2D eigenvalue weighted by Crippen LogP contribution is 2.16. The van der Waals surface area contributed by atoms with Crippen LogP contribution in [0.1, 0.15) is 207 Å². The molecule has 0 aromatic rings. The standard InChI is InChI=1S/C58H95NO5/c1-4-7-10-13-16-19-22-25-26-27-28-29-30-33-36-39-42-45-48-51-58(63)64-54(49-46-43-40-37-34-31-23-20-17-14-11-8-5-2)52-57(62)59-55(53-60)56(61)50-47-44-41-38-35-32-24-21-18-15-12-9-6-3/h7-8,10-11,14,16-17,19-20,23,25-26,28-29,31,33-34,36-37,40,54-56,60-61H,4-6,9,12-13,15,18,21-22,24,27,30,32,35,38-39,41-53H2,1-3H3,(H,59,62)/b10-7-,11-8+,17-14+,19-16-,23-20-,26-25-,29-28-,34-31-,36-33-,40-37+. The van der Waals surface area contributed by atoms with Gasteiger partial charge in [0.15, 0.2) is 0 Å². The van der Waals surface area contributed by atoms with Gasteiger partial charge < -0.3 is 20.3 Å². The predicted octanol–water partition coefficient (Wildman–Crippen LogP) is 15.7. The zero-order valence-electron chi connectivity index (χ0n) is 41.1. The molecule has 1 amide bonds. The van der Waals surface area contributed by atoms with Crippen molar-refractivity contribution in [2.75, 3.05) is 6.61 Å². The van der Waals surface area contributed by atoms with Crippen LogP contribution in [0.25, 0.3) is 0 Å². The summed E-state index contributed by atoms with van der Waals surface area (Å²) < 4.78 is 5.88. The van der Waals surface area contributed by atoms with Crippen LogP contribution in [0.3, 0.4) is 0 Å². The first-order valence-electron chi connectivity index (χ1n) is 25.8. The lowest BCUT2D eigenvalue weighted by Crippen LogP contribution is -2.46. The van der Waals surface area contributed by atoms with Crippen molar-refractivity contribution in [1.29, 1.82) is 0 Å². The van der Waals surface area contributed by atoms with E-state index in [1.807, 2.05) is 48.6 Å². The maximum Gasteiger partial charge on any atom is 0.306 e. The van der Waals surface area contributed by atoms with Gasteiger partial charge in [0.25, 0.3) is 0 Å². The van der Waals surface area contributed by atoms with Crippen LogP contribution in [0.5, 0.6) is 0 Å². The molecule has 0 aliphatic heterocycles. The summed E-state index contributed by atoms with van der Waals surface area (Å²) in [6.45, 7) is 6.18. The number of hydrogen-bond donors (Lipinski definition) is 3. The number of carbonyl (C=O) groups excluding carboxylic acids is 2. The zero-order chi connectivity index (χ0) is 46.7. The zero-order valence-corrected chi connectivity index (χ0v) is 41.1. The van der Waals surface area contributed by atoms with E-state index in [2.05, 4.69) is 99.0 Å². The third-order valence-corrected chi connectivity index (χ3v) is 10.9. The molecule has 0 fully saturated rings. The van der Waals surface area contributed by atoms with Crippen LogP contribution in [-0.4, -0.2) is 46.9 Å². The maximum atomic E-state index is 13.2. The predicted molar refractivity (Wildman–Crippen MR) is 277 cm³/mol. The Morgan fingerprint density at radius 1 is 0.484 bits per heavy atom. The smallest absolute Gasteiger partial charge is 0.306 e. The Labute approximate surface area is 393 Å². The van der Waals surface area contributed by atoms with Gasteiger partial charge >= 0.3 is 5.97 Å². The Hall–Kier alpha value is -3.74. The lowest BCUT2D eigenvalue weighted by atomic mass is 10.0. The first-order chi connectivity index (χ1) is 31.5. The second kappa shape index (κ2) is 50.3. The Kier molecular flexibility index (Phi) is 47.3. The number of rotatable bonds is 44. The summed E-state index contributed by atoms with van der Waals surface area (Å²) >= 11 is 0. The van der Waals surface area contributed by atoms with Crippen molar-refractivity contribution in [1.82, 2.24) is 5.32 Å². The average Bonchev–Trinajstić information content (AvgIpc) is 3.29. The van der Waals surface area contributed by atoms with Crippen LogP contribution in [0.15, 0.2) is 122 Å². The van der Waals surface area contributed by atoms with Gasteiger partial charge in [-0.2, -0.15) is 0 Å². The molecule has 0 aliphatic carbocycles. The Morgan fingerprint density at radius 2 is 0.938 bits per heavy atom. The largest absolute Gasteiger partial charge is 0.462 e. The Balaban J connectivity index is 4.74. The van der Waals surface area contributed by atoms with Crippen LogP contribution < -0.4 is 5.32 Å². The van der Waals surface area contributed by atoms with E-state index in [0.717, 1.165) is 96.3 Å². The number of esters is 1. The first kappa shape index (κ1) is 60.3. The molecule has 0 aromatic heterocycles. The number of aliphatic hydroxyl groups is 2. The molecule has 6 nitrogen and oxygen atoms in total. The van der Waals surface area contributed by atoms with Crippen LogP contribution >= 0.6 is 0 Å². The van der Waals surface area contributed by atoms with Crippen LogP contribution in [0.4, 0.5) is 0 Å². The van der Waals surface area contributed by atoms with E-state index in [0.29, 0.717) is 19.3 Å². The summed E-state index contributed by atoms with van der Waals surface area (Å²) in [5.74, 6) is -0.596. The van der Waals surface area contributed by atoms with E-state index in [9.17, 15) is 19.8 Å². The highest BCUT2D eigenvalue weighted by Gasteiger charge is 2.24.